The molecule has 0 unspecified atom stereocenters. The van der Waals surface area contributed by atoms with Crippen LogP contribution >= 0.6 is 0 Å². The Morgan fingerprint density at radius 3 is 2.67 bits per heavy atom. The molecule has 2 fully saturated rings. The van der Waals surface area contributed by atoms with Crippen LogP contribution in [-0.2, 0) is 4.74 Å². The van der Waals surface area contributed by atoms with Gasteiger partial charge in [0.2, 0.25) is 0 Å². The summed E-state index contributed by atoms with van der Waals surface area (Å²) in [6.07, 6.45) is 2.60. The van der Waals surface area contributed by atoms with E-state index in [2.05, 4.69) is 47.1 Å². The first kappa shape index (κ1) is 15.0. The zero-order valence-corrected chi connectivity index (χ0v) is 13.2. The van der Waals surface area contributed by atoms with E-state index in [9.17, 15) is 0 Å². The molecule has 2 aliphatic heterocycles. The van der Waals surface area contributed by atoms with Crippen LogP contribution in [-0.4, -0.2) is 61.8 Å². The minimum Gasteiger partial charge on any atom is -0.379 e. The predicted octanol–water partition coefficient (Wildman–Crippen LogP) is 2.59. The van der Waals surface area contributed by atoms with Gasteiger partial charge in [-0.15, -0.1) is 0 Å². The Hall–Kier alpha value is -0.900. The van der Waals surface area contributed by atoms with Gasteiger partial charge in [0.15, 0.2) is 0 Å². The fourth-order valence-electron chi connectivity index (χ4n) is 3.58. The summed E-state index contributed by atoms with van der Waals surface area (Å²) in [7, 11) is 0. The molecule has 3 nitrogen and oxygen atoms in total. The fraction of sp³-hybridized carbons (Fsp3) is 0.667. The average Bonchev–Trinajstić information content (AvgIpc) is 3.03. The monoisotopic (exact) mass is 288 g/mol. The first-order valence-corrected chi connectivity index (χ1v) is 8.42. The minimum atomic E-state index is 0.661. The van der Waals surface area contributed by atoms with Crippen molar-refractivity contribution in [1.82, 2.24) is 9.80 Å². The summed E-state index contributed by atoms with van der Waals surface area (Å²) in [6, 6.07) is 11.7. The van der Waals surface area contributed by atoms with Gasteiger partial charge in [0, 0.05) is 25.7 Å². The molecule has 3 rings (SSSR count). The van der Waals surface area contributed by atoms with Crippen LogP contribution in [0.25, 0.3) is 0 Å². The van der Waals surface area contributed by atoms with Gasteiger partial charge >= 0.3 is 0 Å². The Morgan fingerprint density at radius 2 is 1.90 bits per heavy atom. The van der Waals surface area contributed by atoms with E-state index in [1.54, 1.807) is 0 Å². The van der Waals surface area contributed by atoms with Crippen LogP contribution in [0, 0.1) is 0 Å². The van der Waals surface area contributed by atoms with Crippen molar-refractivity contribution < 1.29 is 4.74 Å². The standard InChI is InChI=1S/C18H28N2O/c1-16(17-5-3-2-4-6-17)7-9-19-10-8-18(15-19)20-11-13-21-14-12-20/h2-6,16,18H,7-15H2,1H3/t16-,18-/m1/s1. The maximum atomic E-state index is 5.46. The Labute approximate surface area is 128 Å². The van der Waals surface area contributed by atoms with E-state index in [1.807, 2.05) is 0 Å². The lowest BCUT2D eigenvalue weighted by molar-refractivity contribution is 0.0185. The molecular weight excluding hydrogens is 260 g/mol. The Bertz CT molecular complexity index is 416. The summed E-state index contributed by atoms with van der Waals surface area (Å²) in [5, 5.41) is 0. The lowest BCUT2D eigenvalue weighted by atomic mass is 9.98. The number of likely N-dealkylation sites (tertiary alicyclic amines) is 1. The van der Waals surface area contributed by atoms with E-state index in [4.69, 9.17) is 4.74 Å². The van der Waals surface area contributed by atoms with E-state index in [1.165, 1.54) is 38.0 Å². The Kier molecular flexibility index (Phi) is 5.28. The molecule has 1 aromatic carbocycles. The van der Waals surface area contributed by atoms with Crippen molar-refractivity contribution in [1.29, 1.82) is 0 Å². The van der Waals surface area contributed by atoms with Crippen molar-refractivity contribution in [3.63, 3.8) is 0 Å². The van der Waals surface area contributed by atoms with Crippen LogP contribution in [0.3, 0.4) is 0 Å². The number of hydrogen-bond donors (Lipinski definition) is 0. The number of hydrogen-bond acceptors (Lipinski definition) is 3. The van der Waals surface area contributed by atoms with Gasteiger partial charge in [-0.1, -0.05) is 37.3 Å². The number of ether oxygens (including phenoxy) is 1. The minimum absolute atomic E-state index is 0.661. The number of rotatable bonds is 5. The second-order valence-corrected chi connectivity index (χ2v) is 6.49. The smallest absolute Gasteiger partial charge is 0.0594 e. The molecule has 0 aromatic heterocycles. The summed E-state index contributed by atoms with van der Waals surface area (Å²) >= 11 is 0. The molecule has 0 bridgehead atoms. The summed E-state index contributed by atoms with van der Waals surface area (Å²) in [4.78, 5) is 5.28. The zero-order chi connectivity index (χ0) is 14.5. The molecule has 0 aliphatic carbocycles. The maximum absolute atomic E-state index is 5.46. The average molecular weight is 288 g/mol. The van der Waals surface area contributed by atoms with Gasteiger partial charge in [-0.3, -0.25) is 4.90 Å². The molecule has 2 atom stereocenters. The predicted molar refractivity (Wildman–Crippen MR) is 86.7 cm³/mol. The number of benzene rings is 1. The van der Waals surface area contributed by atoms with Crippen molar-refractivity contribution in [2.75, 3.05) is 45.9 Å². The molecule has 2 heterocycles. The van der Waals surface area contributed by atoms with Crippen LogP contribution in [0.5, 0.6) is 0 Å². The SMILES string of the molecule is C[C@H](CCN1CC[C@@H](N2CCOCC2)C1)c1ccccc1. The largest absolute Gasteiger partial charge is 0.379 e. The quantitative estimate of drug-likeness (QED) is 0.828. The molecule has 0 radical (unpaired) electrons. The summed E-state index contributed by atoms with van der Waals surface area (Å²) in [5.41, 5.74) is 1.47. The second kappa shape index (κ2) is 7.39. The van der Waals surface area contributed by atoms with Gasteiger partial charge in [-0.2, -0.15) is 0 Å². The Balaban J connectivity index is 1.42. The van der Waals surface area contributed by atoms with Gasteiger partial charge in [0.1, 0.15) is 0 Å². The fourth-order valence-corrected chi connectivity index (χ4v) is 3.58. The highest BCUT2D eigenvalue weighted by Gasteiger charge is 2.28. The van der Waals surface area contributed by atoms with Crippen molar-refractivity contribution >= 4 is 0 Å². The van der Waals surface area contributed by atoms with Gasteiger partial charge in [-0.25, -0.2) is 0 Å². The highest BCUT2D eigenvalue weighted by atomic mass is 16.5. The van der Waals surface area contributed by atoms with E-state index in [-0.39, 0.29) is 0 Å². The van der Waals surface area contributed by atoms with Gasteiger partial charge in [0.25, 0.3) is 0 Å². The van der Waals surface area contributed by atoms with Gasteiger partial charge in [0.05, 0.1) is 13.2 Å². The zero-order valence-electron chi connectivity index (χ0n) is 13.2. The molecule has 0 saturated carbocycles. The topological polar surface area (TPSA) is 15.7 Å². The molecule has 2 saturated heterocycles. The molecule has 3 heteroatoms. The highest BCUT2D eigenvalue weighted by molar-refractivity contribution is 5.18. The summed E-state index contributed by atoms with van der Waals surface area (Å²) < 4.78 is 5.46. The third-order valence-electron chi connectivity index (χ3n) is 5.06. The normalized spacial score (nSPS) is 26.0. The van der Waals surface area contributed by atoms with E-state index in [0.717, 1.165) is 32.3 Å². The number of morpholine rings is 1. The van der Waals surface area contributed by atoms with Crippen LogP contribution < -0.4 is 0 Å². The molecule has 0 N–H and O–H groups in total. The highest BCUT2D eigenvalue weighted by Crippen LogP contribution is 2.22. The second-order valence-electron chi connectivity index (χ2n) is 6.49. The molecular formula is C18H28N2O. The molecule has 21 heavy (non-hydrogen) atoms. The summed E-state index contributed by atoms with van der Waals surface area (Å²) in [6.45, 7) is 10.2. The third-order valence-corrected chi connectivity index (χ3v) is 5.06. The van der Waals surface area contributed by atoms with Crippen molar-refractivity contribution in [2.24, 2.45) is 0 Å². The number of nitrogens with zero attached hydrogens (tertiary/aromatic N) is 2. The first-order chi connectivity index (χ1) is 10.3. The summed E-state index contributed by atoms with van der Waals surface area (Å²) in [5.74, 6) is 0.661. The van der Waals surface area contributed by atoms with E-state index < -0.39 is 0 Å². The molecule has 0 spiro atoms. The van der Waals surface area contributed by atoms with Crippen molar-refractivity contribution in [3.05, 3.63) is 35.9 Å². The van der Waals surface area contributed by atoms with E-state index >= 15 is 0 Å². The molecule has 116 valence electrons. The van der Waals surface area contributed by atoms with Gasteiger partial charge < -0.3 is 9.64 Å². The van der Waals surface area contributed by atoms with Crippen LogP contribution in [0.2, 0.25) is 0 Å². The van der Waals surface area contributed by atoms with Crippen molar-refractivity contribution in [2.45, 2.75) is 31.7 Å². The first-order valence-electron chi connectivity index (χ1n) is 8.42. The lowest BCUT2D eigenvalue weighted by Gasteiger charge is -2.32. The lowest BCUT2D eigenvalue weighted by Crippen LogP contribution is -2.44. The Morgan fingerprint density at radius 1 is 1.14 bits per heavy atom. The van der Waals surface area contributed by atoms with E-state index in [0.29, 0.717) is 5.92 Å². The third kappa shape index (κ3) is 4.06. The maximum Gasteiger partial charge on any atom is 0.0594 e. The van der Waals surface area contributed by atoms with Crippen LogP contribution in [0.4, 0.5) is 0 Å². The van der Waals surface area contributed by atoms with Crippen LogP contribution in [0.15, 0.2) is 30.3 Å². The van der Waals surface area contributed by atoms with Gasteiger partial charge in [-0.05, 0) is 37.4 Å². The molecule has 2 aliphatic rings. The molecule has 1 aromatic rings. The van der Waals surface area contributed by atoms with Crippen LogP contribution in [0.1, 0.15) is 31.2 Å². The molecule has 0 amide bonds. The van der Waals surface area contributed by atoms with Crippen molar-refractivity contribution in [3.8, 4) is 0 Å².